The van der Waals surface area contributed by atoms with Crippen molar-refractivity contribution in [3.8, 4) is 0 Å². The third-order valence-corrected chi connectivity index (χ3v) is 4.20. The maximum absolute atomic E-state index is 11.9. The first-order valence-electron chi connectivity index (χ1n) is 6.47. The van der Waals surface area contributed by atoms with E-state index in [2.05, 4.69) is 10.2 Å². The highest BCUT2D eigenvalue weighted by Gasteiger charge is 2.46. The van der Waals surface area contributed by atoms with Gasteiger partial charge >= 0.3 is 0 Å². The van der Waals surface area contributed by atoms with Gasteiger partial charge in [-0.15, -0.1) is 0 Å². The first kappa shape index (κ1) is 12.8. The zero-order valence-electron chi connectivity index (χ0n) is 10.6. The van der Waals surface area contributed by atoms with E-state index in [9.17, 15) is 4.79 Å². The Morgan fingerprint density at radius 3 is 2.76 bits per heavy atom. The van der Waals surface area contributed by atoms with Gasteiger partial charge in [0.05, 0.1) is 6.10 Å². The molecule has 1 heterocycles. The highest BCUT2D eigenvalue weighted by molar-refractivity contribution is 5.85. The second kappa shape index (κ2) is 5.33. The number of carbonyl (C=O) groups excluding carboxylic acids is 1. The molecule has 1 aliphatic heterocycles. The van der Waals surface area contributed by atoms with E-state index in [0.29, 0.717) is 0 Å². The van der Waals surface area contributed by atoms with E-state index in [1.54, 1.807) is 7.11 Å². The van der Waals surface area contributed by atoms with Gasteiger partial charge in [-0.1, -0.05) is 0 Å². The maximum atomic E-state index is 11.9. The second-order valence-corrected chi connectivity index (χ2v) is 5.09. The molecule has 2 rings (SSSR count). The molecule has 2 unspecified atom stereocenters. The van der Waals surface area contributed by atoms with Gasteiger partial charge in [0.1, 0.15) is 5.54 Å². The van der Waals surface area contributed by atoms with Gasteiger partial charge in [0.25, 0.3) is 0 Å². The van der Waals surface area contributed by atoms with E-state index >= 15 is 0 Å². The van der Waals surface area contributed by atoms with Crippen molar-refractivity contribution in [2.45, 2.75) is 37.3 Å². The molecule has 0 radical (unpaired) electrons. The largest absolute Gasteiger partial charge is 0.381 e. The summed E-state index contributed by atoms with van der Waals surface area (Å²) < 4.78 is 5.44. The molecular weight excluding hydrogens is 218 g/mol. The Bertz CT molecular complexity index is 279. The number of hydrogen-bond acceptors (Lipinski definition) is 4. The van der Waals surface area contributed by atoms with Crippen LogP contribution in [0.5, 0.6) is 0 Å². The van der Waals surface area contributed by atoms with E-state index in [0.717, 1.165) is 51.9 Å². The van der Waals surface area contributed by atoms with Gasteiger partial charge in [-0.05, 0) is 19.3 Å². The molecule has 17 heavy (non-hydrogen) atoms. The molecule has 0 bridgehead atoms. The van der Waals surface area contributed by atoms with Crippen LogP contribution in [0.1, 0.15) is 25.7 Å². The number of piperazine rings is 1. The second-order valence-electron chi connectivity index (χ2n) is 5.09. The standard InChI is InChI=1S/C12H23N3O2/c1-17-10-3-2-4-12(9-10,11(13)16)15-7-5-14-6-8-15/h10,14H,2-9H2,1H3,(H2,13,16). The number of ether oxygens (including phenoxy) is 1. The molecule has 0 aromatic rings. The van der Waals surface area contributed by atoms with Gasteiger partial charge in [-0.25, -0.2) is 0 Å². The average Bonchev–Trinajstić information content (AvgIpc) is 2.39. The van der Waals surface area contributed by atoms with E-state index < -0.39 is 5.54 Å². The van der Waals surface area contributed by atoms with Gasteiger partial charge in [-0.3, -0.25) is 9.69 Å². The van der Waals surface area contributed by atoms with Crippen LogP contribution < -0.4 is 11.1 Å². The number of primary amides is 1. The van der Waals surface area contributed by atoms with Crippen molar-refractivity contribution in [1.82, 2.24) is 10.2 Å². The number of hydrogen-bond donors (Lipinski definition) is 2. The van der Waals surface area contributed by atoms with Gasteiger partial charge in [-0.2, -0.15) is 0 Å². The molecule has 5 heteroatoms. The number of nitrogens with two attached hydrogens (primary N) is 1. The minimum absolute atomic E-state index is 0.172. The van der Waals surface area contributed by atoms with Gasteiger partial charge in [0.15, 0.2) is 0 Å². The summed E-state index contributed by atoms with van der Waals surface area (Å²) in [6.45, 7) is 3.68. The number of nitrogens with one attached hydrogen (secondary N) is 1. The molecule has 2 atom stereocenters. The summed E-state index contributed by atoms with van der Waals surface area (Å²) in [6, 6.07) is 0. The lowest BCUT2D eigenvalue weighted by Crippen LogP contribution is -2.64. The van der Waals surface area contributed by atoms with Crippen molar-refractivity contribution in [3.05, 3.63) is 0 Å². The molecule has 98 valence electrons. The Balaban J connectivity index is 2.15. The van der Waals surface area contributed by atoms with Crippen LogP contribution in [0, 0.1) is 0 Å². The summed E-state index contributed by atoms with van der Waals surface area (Å²) >= 11 is 0. The summed E-state index contributed by atoms with van der Waals surface area (Å²) in [5.41, 5.74) is 5.22. The minimum atomic E-state index is -0.471. The van der Waals surface area contributed by atoms with Crippen LogP contribution in [-0.4, -0.2) is 55.7 Å². The quantitative estimate of drug-likeness (QED) is 0.712. The molecule has 3 N–H and O–H groups in total. The lowest BCUT2D eigenvalue weighted by atomic mass is 9.77. The van der Waals surface area contributed by atoms with Crippen molar-refractivity contribution in [3.63, 3.8) is 0 Å². The van der Waals surface area contributed by atoms with Crippen LogP contribution in [0.25, 0.3) is 0 Å². The third kappa shape index (κ3) is 2.46. The van der Waals surface area contributed by atoms with E-state index in [1.807, 2.05) is 0 Å². The highest BCUT2D eigenvalue weighted by atomic mass is 16.5. The highest BCUT2D eigenvalue weighted by Crippen LogP contribution is 2.35. The van der Waals surface area contributed by atoms with E-state index in [4.69, 9.17) is 10.5 Å². The molecule has 1 amide bonds. The first-order chi connectivity index (χ1) is 8.19. The summed E-state index contributed by atoms with van der Waals surface area (Å²) in [5, 5.41) is 3.31. The lowest BCUT2D eigenvalue weighted by Gasteiger charge is -2.47. The molecule has 0 aromatic heterocycles. The van der Waals surface area contributed by atoms with Crippen LogP contribution in [-0.2, 0) is 9.53 Å². The zero-order valence-corrected chi connectivity index (χ0v) is 10.6. The van der Waals surface area contributed by atoms with Crippen LogP contribution in [0.3, 0.4) is 0 Å². The molecule has 2 fully saturated rings. The fraction of sp³-hybridized carbons (Fsp3) is 0.917. The fourth-order valence-corrected chi connectivity index (χ4v) is 3.16. The van der Waals surface area contributed by atoms with Gasteiger partial charge in [0, 0.05) is 39.7 Å². The summed E-state index contributed by atoms with van der Waals surface area (Å²) in [5.74, 6) is -0.179. The normalized spacial score (nSPS) is 35.7. The van der Waals surface area contributed by atoms with Crippen LogP contribution in [0.15, 0.2) is 0 Å². The Kier molecular flexibility index (Phi) is 4.01. The van der Waals surface area contributed by atoms with Gasteiger partial charge in [0.2, 0.25) is 5.91 Å². The third-order valence-electron chi connectivity index (χ3n) is 4.20. The molecule has 1 saturated heterocycles. The molecule has 0 spiro atoms. The van der Waals surface area contributed by atoms with Crippen LogP contribution in [0.4, 0.5) is 0 Å². The Morgan fingerprint density at radius 1 is 1.47 bits per heavy atom. The average molecular weight is 241 g/mol. The molecule has 1 aliphatic carbocycles. The molecular formula is C12H23N3O2. The summed E-state index contributed by atoms with van der Waals surface area (Å²) in [6.07, 6.45) is 3.86. The first-order valence-corrected chi connectivity index (χ1v) is 6.47. The maximum Gasteiger partial charge on any atom is 0.238 e. The number of rotatable bonds is 3. The topological polar surface area (TPSA) is 67.6 Å². The number of nitrogens with zero attached hydrogens (tertiary/aromatic N) is 1. The Labute approximate surface area is 103 Å². The predicted octanol–water partition coefficient (Wildman–Crippen LogP) is -0.295. The van der Waals surface area contributed by atoms with Crippen molar-refractivity contribution in [2.24, 2.45) is 5.73 Å². The van der Waals surface area contributed by atoms with Crippen molar-refractivity contribution < 1.29 is 9.53 Å². The fourth-order valence-electron chi connectivity index (χ4n) is 3.16. The van der Waals surface area contributed by atoms with Crippen molar-refractivity contribution in [1.29, 1.82) is 0 Å². The summed E-state index contributed by atoms with van der Waals surface area (Å²) in [7, 11) is 1.72. The number of amides is 1. The lowest BCUT2D eigenvalue weighted by molar-refractivity contribution is -0.137. The monoisotopic (exact) mass is 241 g/mol. The Morgan fingerprint density at radius 2 is 2.18 bits per heavy atom. The predicted molar refractivity (Wildman–Crippen MR) is 65.6 cm³/mol. The molecule has 1 saturated carbocycles. The molecule has 5 nitrogen and oxygen atoms in total. The van der Waals surface area contributed by atoms with Crippen LogP contribution in [0.2, 0.25) is 0 Å². The minimum Gasteiger partial charge on any atom is -0.381 e. The molecule has 2 aliphatic rings. The van der Waals surface area contributed by atoms with Crippen molar-refractivity contribution >= 4 is 5.91 Å². The smallest absolute Gasteiger partial charge is 0.238 e. The molecule has 0 aromatic carbocycles. The number of methoxy groups -OCH3 is 1. The van der Waals surface area contributed by atoms with Gasteiger partial charge < -0.3 is 15.8 Å². The van der Waals surface area contributed by atoms with Crippen molar-refractivity contribution in [2.75, 3.05) is 33.3 Å². The van der Waals surface area contributed by atoms with E-state index in [-0.39, 0.29) is 12.0 Å². The summed E-state index contributed by atoms with van der Waals surface area (Å²) in [4.78, 5) is 14.2. The zero-order chi connectivity index (χ0) is 12.3. The number of carbonyl (C=O) groups is 1. The SMILES string of the molecule is COC1CCCC(C(N)=O)(N2CCNCC2)C1. The Hall–Kier alpha value is -0.650. The van der Waals surface area contributed by atoms with Crippen LogP contribution >= 0.6 is 0 Å². The van der Waals surface area contributed by atoms with E-state index in [1.165, 1.54) is 0 Å².